The number of thiazole rings is 1. The Morgan fingerprint density at radius 2 is 2.07 bits per heavy atom. The van der Waals surface area contributed by atoms with Crippen LogP contribution < -0.4 is 5.32 Å². The monoisotopic (exact) mass is 418 g/mol. The highest BCUT2D eigenvalue weighted by Gasteiger charge is 2.30. The smallest absolute Gasteiger partial charge is 0.273 e. The molecule has 1 fully saturated rings. The van der Waals surface area contributed by atoms with Crippen LogP contribution in [0.5, 0.6) is 0 Å². The average Bonchev–Trinajstić information content (AvgIpc) is 3.36. The number of nitrogens with zero attached hydrogens (tertiary/aromatic N) is 3. The van der Waals surface area contributed by atoms with Crippen molar-refractivity contribution >= 4 is 23.2 Å². The number of piperidine rings is 1. The van der Waals surface area contributed by atoms with Gasteiger partial charge in [0, 0.05) is 37.5 Å². The van der Waals surface area contributed by atoms with E-state index in [2.05, 4.69) is 29.0 Å². The van der Waals surface area contributed by atoms with Crippen LogP contribution in [0.15, 0.2) is 28.2 Å². The van der Waals surface area contributed by atoms with E-state index in [-0.39, 0.29) is 23.1 Å². The number of likely N-dealkylation sites (tertiary alicyclic amines) is 1. The van der Waals surface area contributed by atoms with E-state index in [1.54, 1.807) is 22.6 Å². The second-order valence-electron chi connectivity index (χ2n) is 8.70. The normalized spacial score (nSPS) is 15.7. The van der Waals surface area contributed by atoms with Crippen LogP contribution in [0.1, 0.15) is 37.2 Å². The van der Waals surface area contributed by atoms with Gasteiger partial charge in [0.05, 0.1) is 6.26 Å². The number of carbonyl (C=O) groups excluding carboxylic acids is 2. The minimum Gasteiger partial charge on any atom is -0.462 e. The molecule has 158 valence electrons. The van der Waals surface area contributed by atoms with Gasteiger partial charge in [0.15, 0.2) is 10.8 Å². The fourth-order valence-corrected chi connectivity index (χ4v) is 4.53. The Balaban J connectivity index is 1.48. The molecular formula is C21H30N4O3S. The maximum atomic E-state index is 12.8. The third-order valence-electron chi connectivity index (χ3n) is 5.09. The van der Waals surface area contributed by atoms with Crippen LogP contribution in [0.4, 0.5) is 0 Å². The third-order valence-corrected chi connectivity index (χ3v) is 5.95. The van der Waals surface area contributed by atoms with Crippen molar-refractivity contribution in [2.45, 2.75) is 26.7 Å². The first-order valence-electron chi connectivity index (χ1n) is 9.96. The Bertz CT molecular complexity index is 821. The van der Waals surface area contributed by atoms with Gasteiger partial charge in [0.1, 0.15) is 5.69 Å². The summed E-state index contributed by atoms with van der Waals surface area (Å²) in [5, 5.41) is 5.57. The molecule has 0 atom stereocenters. The minimum atomic E-state index is -0.0787. The van der Waals surface area contributed by atoms with Gasteiger partial charge in [-0.1, -0.05) is 13.8 Å². The van der Waals surface area contributed by atoms with Crippen molar-refractivity contribution in [3.05, 3.63) is 29.5 Å². The van der Waals surface area contributed by atoms with E-state index in [1.165, 1.54) is 11.3 Å². The molecule has 1 saturated heterocycles. The van der Waals surface area contributed by atoms with Gasteiger partial charge in [0.2, 0.25) is 5.91 Å². The summed E-state index contributed by atoms with van der Waals surface area (Å²) >= 11 is 1.40. The predicted octanol–water partition coefficient (Wildman–Crippen LogP) is 2.96. The molecule has 3 heterocycles. The summed E-state index contributed by atoms with van der Waals surface area (Å²) < 4.78 is 5.34. The van der Waals surface area contributed by atoms with E-state index in [9.17, 15) is 9.59 Å². The number of hydrogen-bond donors (Lipinski definition) is 1. The average molecular weight is 419 g/mol. The summed E-state index contributed by atoms with van der Waals surface area (Å²) in [5.41, 5.74) is 0.460. The zero-order chi connectivity index (χ0) is 21.0. The largest absolute Gasteiger partial charge is 0.462 e. The lowest BCUT2D eigenvalue weighted by molar-refractivity contribution is -0.126. The quantitative estimate of drug-likeness (QED) is 0.748. The number of aromatic nitrogens is 1. The van der Waals surface area contributed by atoms with Gasteiger partial charge < -0.3 is 19.5 Å². The van der Waals surface area contributed by atoms with Gasteiger partial charge in [-0.15, -0.1) is 11.3 Å². The zero-order valence-corrected chi connectivity index (χ0v) is 18.4. The Hall–Kier alpha value is -2.19. The van der Waals surface area contributed by atoms with Crippen LogP contribution in [-0.2, 0) is 4.79 Å². The van der Waals surface area contributed by atoms with Crippen molar-refractivity contribution in [3.8, 4) is 10.8 Å². The summed E-state index contributed by atoms with van der Waals surface area (Å²) in [6.07, 6.45) is 2.96. The molecule has 29 heavy (non-hydrogen) atoms. The molecular weight excluding hydrogens is 388 g/mol. The fourth-order valence-electron chi connectivity index (χ4n) is 3.77. The molecule has 0 aliphatic carbocycles. The molecule has 1 N–H and O–H groups in total. The highest BCUT2D eigenvalue weighted by atomic mass is 32.1. The Morgan fingerprint density at radius 3 is 2.69 bits per heavy atom. The van der Waals surface area contributed by atoms with E-state index in [1.807, 2.05) is 20.2 Å². The van der Waals surface area contributed by atoms with Gasteiger partial charge in [-0.2, -0.15) is 0 Å². The summed E-state index contributed by atoms with van der Waals surface area (Å²) in [6.45, 7) is 7.02. The van der Waals surface area contributed by atoms with E-state index in [0.717, 1.165) is 6.54 Å². The Labute approximate surface area is 176 Å². The lowest BCUT2D eigenvalue weighted by atomic mass is 9.91. The van der Waals surface area contributed by atoms with Crippen molar-refractivity contribution in [1.29, 1.82) is 0 Å². The molecule has 2 amide bonds. The van der Waals surface area contributed by atoms with E-state index in [0.29, 0.717) is 48.9 Å². The molecule has 0 saturated carbocycles. The molecule has 7 nitrogen and oxygen atoms in total. The molecule has 0 spiro atoms. The van der Waals surface area contributed by atoms with Gasteiger partial charge in [-0.05, 0) is 44.5 Å². The molecule has 2 aromatic rings. The van der Waals surface area contributed by atoms with Crippen molar-refractivity contribution in [2.24, 2.45) is 11.3 Å². The number of hydrogen-bond acceptors (Lipinski definition) is 6. The number of nitrogens with one attached hydrogen (secondary N) is 1. The first-order chi connectivity index (χ1) is 13.7. The van der Waals surface area contributed by atoms with Gasteiger partial charge in [-0.3, -0.25) is 9.59 Å². The first kappa shape index (κ1) is 21.5. The Kier molecular flexibility index (Phi) is 6.74. The fraction of sp³-hybridized carbons (Fsp3) is 0.571. The van der Waals surface area contributed by atoms with Crippen molar-refractivity contribution in [2.75, 3.05) is 40.3 Å². The highest BCUT2D eigenvalue weighted by molar-refractivity contribution is 7.13. The molecule has 8 heteroatoms. The molecule has 1 aliphatic rings. The van der Waals surface area contributed by atoms with Gasteiger partial charge >= 0.3 is 0 Å². The molecule has 0 radical (unpaired) electrons. The maximum Gasteiger partial charge on any atom is 0.273 e. The van der Waals surface area contributed by atoms with Crippen LogP contribution in [0, 0.1) is 11.3 Å². The summed E-state index contributed by atoms with van der Waals surface area (Å²) in [5.74, 6) is 0.646. The van der Waals surface area contributed by atoms with Crippen LogP contribution in [0.2, 0.25) is 0 Å². The van der Waals surface area contributed by atoms with Crippen LogP contribution in [-0.4, -0.2) is 66.9 Å². The van der Waals surface area contributed by atoms with Crippen LogP contribution in [0.25, 0.3) is 10.8 Å². The summed E-state index contributed by atoms with van der Waals surface area (Å²) in [7, 11) is 4.08. The van der Waals surface area contributed by atoms with Crippen molar-refractivity contribution in [3.63, 3.8) is 0 Å². The second kappa shape index (κ2) is 9.09. The Morgan fingerprint density at radius 1 is 1.34 bits per heavy atom. The molecule has 0 bridgehead atoms. The zero-order valence-electron chi connectivity index (χ0n) is 17.6. The van der Waals surface area contributed by atoms with Gasteiger partial charge in [-0.25, -0.2) is 4.98 Å². The van der Waals surface area contributed by atoms with E-state index >= 15 is 0 Å². The topological polar surface area (TPSA) is 78.7 Å². The lowest BCUT2D eigenvalue weighted by Gasteiger charge is -2.32. The maximum absolute atomic E-state index is 12.8. The standard InChI is InChI=1S/C21H30N4O3S/c1-21(2,14-24(3)4)13-22-18(26)15-7-9-25(10-8-15)20(27)16-12-29-19(23-16)17-6-5-11-28-17/h5-6,11-12,15H,7-10,13-14H2,1-4H3,(H,22,26). The number of carbonyl (C=O) groups is 2. The van der Waals surface area contributed by atoms with Crippen molar-refractivity contribution < 1.29 is 14.0 Å². The molecule has 3 rings (SSSR count). The SMILES string of the molecule is CN(C)CC(C)(C)CNC(=O)C1CCN(C(=O)c2csc(-c3ccco3)n2)CC1. The predicted molar refractivity (Wildman–Crippen MR) is 114 cm³/mol. The summed E-state index contributed by atoms with van der Waals surface area (Å²) in [6, 6.07) is 3.63. The minimum absolute atomic E-state index is 0.0200. The van der Waals surface area contributed by atoms with E-state index < -0.39 is 0 Å². The van der Waals surface area contributed by atoms with Crippen LogP contribution >= 0.6 is 11.3 Å². The lowest BCUT2D eigenvalue weighted by Crippen LogP contribution is -2.46. The summed E-state index contributed by atoms with van der Waals surface area (Å²) in [4.78, 5) is 33.7. The van der Waals surface area contributed by atoms with Gasteiger partial charge in [0.25, 0.3) is 5.91 Å². The molecule has 2 aromatic heterocycles. The van der Waals surface area contributed by atoms with E-state index in [4.69, 9.17) is 4.42 Å². The van der Waals surface area contributed by atoms with Crippen LogP contribution in [0.3, 0.4) is 0 Å². The third kappa shape index (κ3) is 5.67. The molecule has 0 unspecified atom stereocenters. The highest BCUT2D eigenvalue weighted by Crippen LogP contribution is 2.26. The number of furan rings is 1. The number of rotatable bonds is 7. The molecule has 0 aromatic carbocycles. The second-order valence-corrected chi connectivity index (χ2v) is 9.56. The molecule has 1 aliphatic heterocycles. The van der Waals surface area contributed by atoms with Crippen molar-refractivity contribution in [1.82, 2.24) is 20.1 Å². The first-order valence-corrected chi connectivity index (χ1v) is 10.8. The number of amides is 2.